The molecule has 6 nitrogen and oxygen atoms in total. The molecule has 6 heteroatoms. The summed E-state index contributed by atoms with van der Waals surface area (Å²) in [5.74, 6) is 2.86. The second-order valence-corrected chi connectivity index (χ2v) is 3.83. The minimum absolute atomic E-state index is 0.162. The Morgan fingerprint density at radius 2 is 2.11 bits per heavy atom. The van der Waals surface area contributed by atoms with Crippen molar-refractivity contribution >= 4 is 17.5 Å². The molecule has 2 aromatic heterocycles. The number of nitrogens with one attached hydrogen (secondary N) is 2. The Bertz CT molecular complexity index is 498. The number of hydrogen-bond acceptors (Lipinski definition) is 6. The van der Waals surface area contributed by atoms with Crippen molar-refractivity contribution in [3.8, 4) is 0 Å². The molecule has 96 valence electrons. The number of hydrogen-bond donors (Lipinski definition) is 3. The van der Waals surface area contributed by atoms with Gasteiger partial charge in [-0.25, -0.2) is 9.97 Å². The van der Waals surface area contributed by atoms with Gasteiger partial charge in [0.15, 0.2) is 5.88 Å². The molecule has 3 N–H and O–H groups in total. The van der Waals surface area contributed by atoms with E-state index in [1.165, 1.54) is 6.33 Å². The van der Waals surface area contributed by atoms with E-state index in [0.717, 1.165) is 5.76 Å². The molecular formula is C12H16N4O2. The monoisotopic (exact) mass is 248 g/mol. The van der Waals surface area contributed by atoms with Gasteiger partial charge in [0.05, 0.1) is 0 Å². The maximum absolute atomic E-state index is 8.70. The van der Waals surface area contributed by atoms with E-state index in [2.05, 4.69) is 20.6 Å². The summed E-state index contributed by atoms with van der Waals surface area (Å²) < 4.78 is 5.40. The van der Waals surface area contributed by atoms with Crippen LogP contribution in [0, 0.1) is 6.92 Å². The first-order chi connectivity index (χ1) is 8.78. The average molecular weight is 248 g/mol. The Kier molecular flexibility index (Phi) is 4.14. The van der Waals surface area contributed by atoms with Crippen LogP contribution in [0.2, 0.25) is 0 Å². The molecule has 0 unspecified atom stereocenters. The zero-order valence-electron chi connectivity index (χ0n) is 10.2. The summed E-state index contributed by atoms with van der Waals surface area (Å²) in [6.45, 7) is 2.72. The molecule has 0 saturated heterocycles. The van der Waals surface area contributed by atoms with Crippen LogP contribution in [0.25, 0.3) is 0 Å². The summed E-state index contributed by atoms with van der Waals surface area (Å²) >= 11 is 0. The predicted molar refractivity (Wildman–Crippen MR) is 69.0 cm³/mol. The Morgan fingerprint density at radius 3 is 2.83 bits per heavy atom. The summed E-state index contributed by atoms with van der Waals surface area (Å²) in [7, 11) is 0. The molecule has 0 aliphatic rings. The molecule has 0 aromatic carbocycles. The summed E-state index contributed by atoms with van der Waals surface area (Å²) in [5, 5.41) is 14.8. The van der Waals surface area contributed by atoms with E-state index in [1.807, 2.05) is 19.1 Å². The van der Waals surface area contributed by atoms with E-state index in [-0.39, 0.29) is 6.61 Å². The average Bonchev–Trinajstić information content (AvgIpc) is 2.76. The van der Waals surface area contributed by atoms with Crippen LogP contribution >= 0.6 is 0 Å². The zero-order chi connectivity index (χ0) is 12.8. The molecule has 2 aromatic rings. The van der Waals surface area contributed by atoms with E-state index in [9.17, 15) is 0 Å². The normalized spacial score (nSPS) is 10.3. The topological polar surface area (TPSA) is 83.2 Å². The third kappa shape index (κ3) is 3.46. The van der Waals surface area contributed by atoms with Gasteiger partial charge in [0.25, 0.3) is 0 Å². The minimum Gasteiger partial charge on any atom is -0.446 e. The Morgan fingerprint density at radius 1 is 1.28 bits per heavy atom. The first kappa shape index (κ1) is 12.4. The van der Waals surface area contributed by atoms with Crippen molar-refractivity contribution in [2.24, 2.45) is 0 Å². The summed E-state index contributed by atoms with van der Waals surface area (Å²) in [4.78, 5) is 8.18. The molecule has 0 bridgehead atoms. The number of anilines is 3. The molecule has 0 spiro atoms. The van der Waals surface area contributed by atoms with Gasteiger partial charge < -0.3 is 20.2 Å². The SMILES string of the molecule is Cc1ccc(Nc2cc(NCCCO)ncn2)o1. The molecule has 0 fully saturated rings. The molecule has 0 aliphatic heterocycles. The Balaban J connectivity index is 1.98. The highest BCUT2D eigenvalue weighted by Gasteiger charge is 2.02. The van der Waals surface area contributed by atoms with E-state index in [0.29, 0.717) is 30.5 Å². The van der Waals surface area contributed by atoms with Crippen molar-refractivity contribution in [3.05, 3.63) is 30.3 Å². The number of aromatic nitrogens is 2. The van der Waals surface area contributed by atoms with Crippen molar-refractivity contribution in [2.75, 3.05) is 23.8 Å². The molecular weight excluding hydrogens is 232 g/mol. The minimum atomic E-state index is 0.162. The van der Waals surface area contributed by atoms with Crippen molar-refractivity contribution in [3.63, 3.8) is 0 Å². The maximum atomic E-state index is 8.70. The number of rotatable bonds is 6. The van der Waals surface area contributed by atoms with Crippen LogP contribution in [-0.2, 0) is 0 Å². The lowest BCUT2D eigenvalue weighted by Gasteiger charge is -2.06. The fourth-order valence-electron chi connectivity index (χ4n) is 1.45. The third-order valence-electron chi connectivity index (χ3n) is 2.30. The highest BCUT2D eigenvalue weighted by molar-refractivity contribution is 5.54. The number of aliphatic hydroxyl groups excluding tert-OH is 1. The smallest absolute Gasteiger partial charge is 0.198 e. The number of aliphatic hydroxyl groups is 1. The van der Waals surface area contributed by atoms with Crippen molar-refractivity contribution in [2.45, 2.75) is 13.3 Å². The standard InChI is InChI=1S/C12H16N4O2/c1-9-3-4-12(18-9)16-11-7-10(14-8-15-11)13-5-2-6-17/h3-4,7-8,17H,2,5-6H2,1H3,(H2,13,14,15,16). The summed E-state index contributed by atoms with van der Waals surface area (Å²) in [5.41, 5.74) is 0. The highest BCUT2D eigenvalue weighted by Crippen LogP contribution is 2.18. The van der Waals surface area contributed by atoms with E-state index in [4.69, 9.17) is 9.52 Å². The molecule has 2 rings (SSSR count). The predicted octanol–water partition coefficient (Wildman–Crippen LogP) is 1.92. The van der Waals surface area contributed by atoms with Gasteiger partial charge in [-0.15, -0.1) is 0 Å². The fourth-order valence-corrected chi connectivity index (χ4v) is 1.45. The molecule has 0 atom stereocenters. The lowest BCUT2D eigenvalue weighted by Crippen LogP contribution is -2.05. The quantitative estimate of drug-likeness (QED) is 0.677. The van der Waals surface area contributed by atoms with E-state index in [1.54, 1.807) is 6.07 Å². The first-order valence-electron chi connectivity index (χ1n) is 5.78. The van der Waals surface area contributed by atoms with Gasteiger partial charge in [-0.2, -0.15) is 0 Å². The molecule has 18 heavy (non-hydrogen) atoms. The molecule has 0 aliphatic carbocycles. The maximum Gasteiger partial charge on any atom is 0.198 e. The van der Waals surface area contributed by atoms with Gasteiger partial charge in [0.1, 0.15) is 23.7 Å². The van der Waals surface area contributed by atoms with Gasteiger partial charge in [-0.1, -0.05) is 0 Å². The van der Waals surface area contributed by atoms with Gasteiger partial charge in [-0.05, 0) is 19.4 Å². The summed E-state index contributed by atoms with van der Waals surface area (Å²) in [6.07, 6.45) is 2.16. The fraction of sp³-hybridized carbons (Fsp3) is 0.333. The van der Waals surface area contributed by atoms with Gasteiger partial charge in [0, 0.05) is 25.3 Å². The van der Waals surface area contributed by atoms with Gasteiger partial charge >= 0.3 is 0 Å². The lowest BCUT2D eigenvalue weighted by atomic mass is 10.4. The van der Waals surface area contributed by atoms with Gasteiger partial charge in [0.2, 0.25) is 0 Å². The summed E-state index contributed by atoms with van der Waals surface area (Å²) in [6, 6.07) is 5.51. The Labute approximate surface area is 105 Å². The van der Waals surface area contributed by atoms with Crippen LogP contribution in [0.1, 0.15) is 12.2 Å². The van der Waals surface area contributed by atoms with E-state index >= 15 is 0 Å². The molecule has 0 amide bonds. The van der Waals surface area contributed by atoms with Crippen molar-refractivity contribution in [1.29, 1.82) is 0 Å². The van der Waals surface area contributed by atoms with Crippen LogP contribution in [-0.4, -0.2) is 28.2 Å². The second-order valence-electron chi connectivity index (χ2n) is 3.83. The first-order valence-corrected chi connectivity index (χ1v) is 5.78. The Hall–Kier alpha value is -2.08. The second kappa shape index (κ2) is 6.02. The molecule has 2 heterocycles. The van der Waals surface area contributed by atoms with Crippen LogP contribution in [0.5, 0.6) is 0 Å². The largest absolute Gasteiger partial charge is 0.446 e. The zero-order valence-corrected chi connectivity index (χ0v) is 10.2. The van der Waals surface area contributed by atoms with Crippen LogP contribution < -0.4 is 10.6 Å². The van der Waals surface area contributed by atoms with Crippen molar-refractivity contribution < 1.29 is 9.52 Å². The van der Waals surface area contributed by atoms with E-state index < -0.39 is 0 Å². The highest BCUT2D eigenvalue weighted by atomic mass is 16.4. The number of furan rings is 1. The van der Waals surface area contributed by atoms with Gasteiger partial charge in [-0.3, -0.25) is 0 Å². The molecule has 0 radical (unpaired) electrons. The van der Waals surface area contributed by atoms with Crippen LogP contribution in [0.15, 0.2) is 28.9 Å². The third-order valence-corrected chi connectivity index (χ3v) is 2.30. The van der Waals surface area contributed by atoms with Crippen LogP contribution in [0.4, 0.5) is 17.5 Å². The number of aryl methyl sites for hydroxylation is 1. The van der Waals surface area contributed by atoms with Crippen molar-refractivity contribution in [1.82, 2.24) is 9.97 Å². The lowest BCUT2D eigenvalue weighted by molar-refractivity contribution is 0.292. The van der Waals surface area contributed by atoms with Crippen LogP contribution in [0.3, 0.4) is 0 Å². The molecule has 0 saturated carbocycles. The number of nitrogens with zero attached hydrogens (tertiary/aromatic N) is 2.